The number of rotatable bonds is 3. The van der Waals surface area contributed by atoms with Crippen LogP contribution < -0.4 is 5.32 Å². The van der Waals surface area contributed by atoms with Gasteiger partial charge in [0.1, 0.15) is 6.07 Å². The molecule has 0 aliphatic rings. The molecule has 2 rings (SSSR count). The maximum absolute atomic E-state index is 10.7. The molecule has 0 unspecified atom stereocenters. The zero-order valence-corrected chi connectivity index (χ0v) is 10.5. The monoisotopic (exact) mass is 272 g/mol. The van der Waals surface area contributed by atoms with Crippen molar-refractivity contribution in [3.8, 4) is 6.07 Å². The molecule has 94 valence electrons. The van der Waals surface area contributed by atoms with Crippen molar-refractivity contribution in [3.63, 3.8) is 0 Å². The molecule has 5 heteroatoms. The predicted molar refractivity (Wildman–Crippen MR) is 72.9 cm³/mol. The maximum atomic E-state index is 10.7. The Labute approximate surface area is 114 Å². The summed E-state index contributed by atoms with van der Waals surface area (Å²) >= 11 is 5.92. The summed E-state index contributed by atoms with van der Waals surface area (Å²) in [6.45, 7) is 0. The second kappa shape index (κ2) is 5.42. The fraction of sp³-hybridized carbons (Fsp3) is 0. The average Bonchev–Trinajstić information content (AvgIpc) is 2.39. The molecule has 4 nitrogen and oxygen atoms in total. The molecule has 19 heavy (non-hydrogen) atoms. The molecule has 0 aliphatic heterocycles. The van der Waals surface area contributed by atoms with Crippen molar-refractivity contribution in [1.82, 2.24) is 0 Å². The average molecular weight is 273 g/mol. The second-order valence-electron chi connectivity index (χ2n) is 3.81. The summed E-state index contributed by atoms with van der Waals surface area (Å²) in [5.74, 6) is -0.965. The number of nitrogens with zero attached hydrogens (tertiary/aromatic N) is 1. The van der Waals surface area contributed by atoms with E-state index in [4.69, 9.17) is 22.0 Å². The third-order valence-corrected chi connectivity index (χ3v) is 2.82. The van der Waals surface area contributed by atoms with Crippen molar-refractivity contribution in [3.05, 3.63) is 58.6 Å². The van der Waals surface area contributed by atoms with E-state index in [0.29, 0.717) is 10.6 Å². The number of halogens is 1. The van der Waals surface area contributed by atoms with E-state index < -0.39 is 5.97 Å². The highest BCUT2D eigenvalue weighted by molar-refractivity contribution is 6.32. The van der Waals surface area contributed by atoms with Crippen LogP contribution in [0, 0.1) is 11.3 Å². The van der Waals surface area contributed by atoms with Gasteiger partial charge in [-0.25, -0.2) is 4.79 Å². The third kappa shape index (κ3) is 3.03. The molecular formula is C14H9ClN2O2. The van der Waals surface area contributed by atoms with Gasteiger partial charge in [-0.1, -0.05) is 11.6 Å². The van der Waals surface area contributed by atoms with Crippen LogP contribution in [-0.2, 0) is 0 Å². The first kappa shape index (κ1) is 12.9. The van der Waals surface area contributed by atoms with Crippen molar-refractivity contribution in [1.29, 1.82) is 5.26 Å². The Bertz CT molecular complexity index is 660. The van der Waals surface area contributed by atoms with Gasteiger partial charge in [-0.2, -0.15) is 5.26 Å². The van der Waals surface area contributed by atoms with Gasteiger partial charge in [0.25, 0.3) is 0 Å². The molecule has 2 aromatic rings. The fourth-order valence-electron chi connectivity index (χ4n) is 1.55. The molecular weight excluding hydrogens is 264 g/mol. The van der Waals surface area contributed by atoms with Crippen molar-refractivity contribution < 1.29 is 9.90 Å². The first-order valence-corrected chi connectivity index (χ1v) is 5.78. The Balaban J connectivity index is 2.19. The van der Waals surface area contributed by atoms with Crippen molar-refractivity contribution in [2.75, 3.05) is 5.32 Å². The van der Waals surface area contributed by atoms with Crippen LogP contribution in [0.2, 0.25) is 5.02 Å². The SMILES string of the molecule is N#Cc1ccc(Nc2ccc(C(=O)O)cc2)cc1Cl. The molecule has 0 aliphatic carbocycles. The highest BCUT2D eigenvalue weighted by Gasteiger charge is 2.03. The smallest absolute Gasteiger partial charge is 0.335 e. The van der Waals surface area contributed by atoms with E-state index in [2.05, 4.69) is 5.32 Å². The van der Waals surface area contributed by atoms with Crippen LogP contribution in [-0.4, -0.2) is 11.1 Å². The molecule has 0 heterocycles. The largest absolute Gasteiger partial charge is 0.478 e. The van der Waals surface area contributed by atoms with Crippen LogP contribution in [0.1, 0.15) is 15.9 Å². The van der Waals surface area contributed by atoms with E-state index in [0.717, 1.165) is 11.4 Å². The van der Waals surface area contributed by atoms with Gasteiger partial charge in [0.2, 0.25) is 0 Å². The van der Waals surface area contributed by atoms with E-state index in [1.165, 1.54) is 12.1 Å². The van der Waals surface area contributed by atoms with Crippen LogP contribution in [0.5, 0.6) is 0 Å². The lowest BCUT2D eigenvalue weighted by Crippen LogP contribution is -1.96. The van der Waals surface area contributed by atoms with Gasteiger partial charge in [0.15, 0.2) is 0 Å². The van der Waals surface area contributed by atoms with Gasteiger partial charge >= 0.3 is 5.97 Å². The Morgan fingerprint density at radius 2 is 1.79 bits per heavy atom. The van der Waals surface area contributed by atoms with Crippen molar-refractivity contribution >= 4 is 28.9 Å². The molecule has 0 fully saturated rings. The van der Waals surface area contributed by atoms with Crippen molar-refractivity contribution in [2.24, 2.45) is 0 Å². The molecule has 0 saturated heterocycles. The van der Waals surface area contributed by atoms with Crippen LogP contribution in [0.25, 0.3) is 0 Å². The first-order chi connectivity index (χ1) is 9.10. The zero-order valence-electron chi connectivity index (χ0n) is 9.72. The Morgan fingerprint density at radius 3 is 2.32 bits per heavy atom. The minimum atomic E-state index is -0.965. The number of aromatic carboxylic acids is 1. The zero-order chi connectivity index (χ0) is 13.8. The lowest BCUT2D eigenvalue weighted by atomic mass is 10.2. The highest BCUT2D eigenvalue weighted by Crippen LogP contribution is 2.23. The number of benzene rings is 2. The number of nitriles is 1. The summed E-state index contributed by atoms with van der Waals surface area (Å²) in [5.41, 5.74) is 2.11. The molecule has 0 bridgehead atoms. The molecule has 0 aromatic heterocycles. The van der Waals surface area contributed by atoms with Gasteiger partial charge in [-0.15, -0.1) is 0 Å². The van der Waals surface area contributed by atoms with E-state index in [9.17, 15) is 4.79 Å². The van der Waals surface area contributed by atoms with E-state index in [1.54, 1.807) is 30.3 Å². The van der Waals surface area contributed by atoms with Gasteiger partial charge in [-0.3, -0.25) is 0 Å². The number of anilines is 2. The number of carboxylic acids is 1. The highest BCUT2D eigenvalue weighted by atomic mass is 35.5. The van der Waals surface area contributed by atoms with Gasteiger partial charge in [-0.05, 0) is 42.5 Å². The topological polar surface area (TPSA) is 73.1 Å². The summed E-state index contributed by atoms with van der Waals surface area (Å²) in [7, 11) is 0. The van der Waals surface area contributed by atoms with Gasteiger partial charge in [0, 0.05) is 11.4 Å². The van der Waals surface area contributed by atoms with E-state index in [1.807, 2.05) is 6.07 Å². The quantitative estimate of drug-likeness (QED) is 0.894. The van der Waals surface area contributed by atoms with Crippen molar-refractivity contribution in [2.45, 2.75) is 0 Å². The Hall–Kier alpha value is -2.51. The Kier molecular flexibility index (Phi) is 3.69. The standard InChI is InChI=1S/C14H9ClN2O2/c15-13-7-12(6-3-10(13)8-16)17-11-4-1-9(2-5-11)14(18)19/h1-7,17H,(H,18,19). The lowest BCUT2D eigenvalue weighted by Gasteiger charge is -2.07. The summed E-state index contributed by atoms with van der Waals surface area (Å²) in [6, 6.07) is 13.3. The first-order valence-electron chi connectivity index (χ1n) is 5.40. The normalized spacial score (nSPS) is 9.68. The predicted octanol–water partition coefficient (Wildman–Crippen LogP) is 3.65. The number of nitrogens with one attached hydrogen (secondary N) is 1. The second-order valence-corrected chi connectivity index (χ2v) is 4.22. The van der Waals surface area contributed by atoms with Crippen LogP contribution >= 0.6 is 11.6 Å². The minimum absolute atomic E-state index is 0.225. The fourth-order valence-corrected chi connectivity index (χ4v) is 1.77. The maximum Gasteiger partial charge on any atom is 0.335 e. The Morgan fingerprint density at radius 1 is 1.16 bits per heavy atom. The number of carboxylic acid groups (broad SMARTS) is 1. The van der Waals surface area contributed by atoms with Crippen LogP contribution in [0.3, 0.4) is 0 Å². The number of hydrogen-bond donors (Lipinski definition) is 2. The summed E-state index contributed by atoms with van der Waals surface area (Å²) in [6.07, 6.45) is 0. The molecule has 0 spiro atoms. The minimum Gasteiger partial charge on any atom is -0.478 e. The van der Waals surface area contributed by atoms with Crippen LogP contribution in [0.15, 0.2) is 42.5 Å². The molecule has 0 radical (unpaired) electrons. The summed E-state index contributed by atoms with van der Waals surface area (Å²) in [4.78, 5) is 10.7. The molecule has 2 N–H and O–H groups in total. The molecule has 2 aromatic carbocycles. The molecule has 0 amide bonds. The van der Waals surface area contributed by atoms with Crippen LogP contribution in [0.4, 0.5) is 11.4 Å². The van der Waals surface area contributed by atoms with Gasteiger partial charge in [0.05, 0.1) is 16.1 Å². The molecule has 0 saturated carbocycles. The lowest BCUT2D eigenvalue weighted by molar-refractivity contribution is 0.0697. The van der Waals surface area contributed by atoms with E-state index >= 15 is 0 Å². The number of hydrogen-bond acceptors (Lipinski definition) is 3. The molecule has 0 atom stereocenters. The third-order valence-electron chi connectivity index (χ3n) is 2.51. The number of carbonyl (C=O) groups is 1. The van der Waals surface area contributed by atoms with E-state index in [-0.39, 0.29) is 5.56 Å². The van der Waals surface area contributed by atoms with Gasteiger partial charge < -0.3 is 10.4 Å². The summed E-state index contributed by atoms with van der Waals surface area (Å²) in [5, 5.41) is 21.0. The summed E-state index contributed by atoms with van der Waals surface area (Å²) < 4.78 is 0.